The molecule has 0 aromatic rings. The van der Waals surface area contributed by atoms with Gasteiger partial charge in [-0.25, -0.2) is 0 Å². The topological polar surface area (TPSA) is 86.2 Å². The number of ketones is 2. The van der Waals surface area contributed by atoms with E-state index in [0.717, 1.165) is 0 Å². The molecule has 0 saturated heterocycles. The number of Topliss-reactive ketones (excluding diaryl/α,β-unsaturated/α-hetero) is 2. The predicted molar refractivity (Wildman–Crippen MR) is 55.8 cm³/mol. The number of nitrogens with two attached hydrogens (primary N) is 2. The molecule has 0 aromatic carbocycles. The molecule has 2 unspecified atom stereocenters. The second-order valence-electron chi connectivity index (χ2n) is 3.94. The van der Waals surface area contributed by atoms with E-state index in [-0.39, 0.29) is 23.7 Å². The Kier molecular flexibility index (Phi) is 6.32. The first-order valence-corrected chi connectivity index (χ1v) is 4.96. The summed E-state index contributed by atoms with van der Waals surface area (Å²) in [6.07, 6.45) is 1.30. The van der Waals surface area contributed by atoms with E-state index >= 15 is 0 Å². The first-order valence-electron chi connectivity index (χ1n) is 4.96. The Morgan fingerprint density at radius 2 is 1.21 bits per heavy atom. The van der Waals surface area contributed by atoms with Crippen molar-refractivity contribution in [2.75, 3.05) is 0 Å². The number of hydrogen-bond donors (Lipinski definition) is 2. The summed E-state index contributed by atoms with van der Waals surface area (Å²) in [5, 5.41) is 0. The van der Waals surface area contributed by atoms with Crippen LogP contribution >= 0.6 is 0 Å². The van der Waals surface area contributed by atoms with Crippen molar-refractivity contribution < 1.29 is 9.59 Å². The van der Waals surface area contributed by atoms with Crippen molar-refractivity contribution in [2.24, 2.45) is 11.5 Å². The molecular formula is C10H20N2O2. The zero-order valence-corrected chi connectivity index (χ0v) is 8.95. The Bertz CT molecular complexity index is 178. The van der Waals surface area contributed by atoms with E-state index in [4.69, 9.17) is 11.5 Å². The molecule has 0 bridgehead atoms. The van der Waals surface area contributed by atoms with Crippen molar-refractivity contribution in [2.45, 2.75) is 51.6 Å². The van der Waals surface area contributed by atoms with E-state index in [2.05, 4.69) is 0 Å². The molecule has 14 heavy (non-hydrogen) atoms. The molecular weight excluding hydrogens is 180 g/mol. The maximum absolute atomic E-state index is 11.2. The van der Waals surface area contributed by atoms with Gasteiger partial charge in [-0.1, -0.05) is 0 Å². The van der Waals surface area contributed by atoms with Gasteiger partial charge in [-0.2, -0.15) is 0 Å². The second-order valence-corrected chi connectivity index (χ2v) is 3.94. The molecule has 0 heterocycles. The van der Waals surface area contributed by atoms with Crippen LogP contribution in [0.3, 0.4) is 0 Å². The molecule has 2 atom stereocenters. The molecule has 0 aromatic heterocycles. The highest BCUT2D eigenvalue weighted by molar-refractivity contribution is 5.86. The highest BCUT2D eigenvalue weighted by atomic mass is 16.1. The molecule has 0 spiro atoms. The summed E-state index contributed by atoms with van der Waals surface area (Å²) in [4.78, 5) is 22.4. The third kappa shape index (κ3) is 7.89. The van der Waals surface area contributed by atoms with E-state index in [9.17, 15) is 9.59 Å². The SMILES string of the molecule is CC(N)CC(=O)CCC(=O)CC(C)N. The number of hydrogen-bond acceptors (Lipinski definition) is 4. The Hall–Kier alpha value is -0.740. The van der Waals surface area contributed by atoms with E-state index in [1.54, 1.807) is 13.8 Å². The summed E-state index contributed by atoms with van der Waals surface area (Å²) in [6, 6.07) is -0.239. The summed E-state index contributed by atoms with van der Waals surface area (Å²) in [5.74, 6) is 0.107. The van der Waals surface area contributed by atoms with Crippen LogP contribution < -0.4 is 11.5 Å². The summed E-state index contributed by atoms with van der Waals surface area (Å²) in [5.41, 5.74) is 10.9. The normalized spacial score (nSPS) is 14.9. The molecule has 0 fully saturated rings. The van der Waals surface area contributed by atoms with E-state index < -0.39 is 0 Å². The zero-order chi connectivity index (χ0) is 11.1. The van der Waals surface area contributed by atoms with Crippen LogP contribution in [-0.4, -0.2) is 23.7 Å². The molecule has 82 valence electrons. The average Bonchev–Trinajstić information content (AvgIpc) is 1.98. The van der Waals surface area contributed by atoms with Crippen LogP contribution in [0, 0.1) is 0 Å². The minimum absolute atomic E-state index is 0.0537. The second kappa shape index (κ2) is 6.68. The van der Waals surface area contributed by atoms with Gasteiger partial charge in [-0.15, -0.1) is 0 Å². The monoisotopic (exact) mass is 200 g/mol. The first-order chi connectivity index (χ1) is 6.41. The smallest absolute Gasteiger partial charge is 0.134 e. The molecule has 0 radical (unpaired) electrons. The Morgan fingerprint density at radius 1 is 0.929 bits per heavy atom. The van der Waals surface area contributed by atoms with Gasteiger partial charge >= 0.3 is 0 Å². The van der Waals surface area contributed by atoms with Crippen LogP contribution in [0.5, 0.6) is 0 Å². The number of carbonyl (C=O) groups is 2. The molecule has 4 nitrogen and oxygen atoms in total. The van der Waals surface area contributed by atoms with Gasteiger partial charge in [-0.05, 0) is 13.8 Å². The minimum Gasteiger partial charge on any atom is -0.328 e. The highest BCUT2D eigenvalue weighted by Crippen LogP contribution is 2.01. The van der Waals surface area contributed by atoms with Gasteiger partial charge in [0.25, 0.3) is 0 Å². The maximum Gasteiger partial charge on any atom is 0.134 e. The van der Waals surface area contributed by atoms with Gasteiger partial charge in [0.2, 0.25) is 0 Å². The zero-order valence-electron chi connectivity index (χ0n) is 8.95. The van der Waals surface area contributed by atoms with Crippen LogP contribution in [0.4, 0.5) is 0 Å². The van der Waals surface area contributed by atoms with Gasteiger partial charge in [0.05, 0.1) is 0 Å². The quantitative estimate of drug-likeness (QED) is 0.622. The fourth-order valence-corrected chi connectivity index (χ4v) is 1.20. The summed E-state index contributed by atoms with van der Waals surface area (Å²) >= 11 is 0. The largest absolute Gasteiger partial charge is 0.328 e. The lowest BCUT2D eigenvalue weighted by molar-refractivity contribution is -0.124. The van der Waals surface area contributed by atoms with Crippen molar-refractivity contribution in [3.8, 4) is 0 Å². The molecule has 0 rings (SSSR count). The summed E-state index contributed by atoms with van der Waals surface area (Å²) in [7, 11) is 0. The first kappa shape index (κ1) is 13.3. The van der Waals surface area contributed by atoms with Gasteiger partial charge in [0.1, 0.15) is 11.6 Å². The molecule has 0 aliphatic heterocycles. The average molecular weight is 200 g/mol. The van der Waals surface area contributed by atoms with E-state index in [1.165, 1.54) is 0 Å². The van der Waals surface area contributed by atoms with Crippen LogP contribution in [-0.2, 0) is 9.59 Å². The fourth-order valence-electron chi connectivity index (χ4n) is 1.20. The summed E-state index contributed by atoms with van der Waals surface area (Å²) in [6.45, 7) is 3.56. The van der Waals surface area contributed by atoms with Crippen molar-refractivity contribution in [3.63, 3.8) is 0 Å². The highest BCUT2D eigenvalue weighted by Gasteiger charge is 2.10. The van der Waals surface area contributed by atoms with Crippen molar-refractivity contribution >= 4 is 11.6 Å². The Balaban J connectivity index is 3.61. The number of carbonyl (C=O) groups excluding carboxylic acids is 2. The number of rotatable bonds is 7. The molecule has 4 N–H and O–H groups in total. The van der Waals surface area contributed by atoms with Crippen molar-refractivity contribution in [3.05, 3.63) is 0 Å². The molecule has 0 saturated carbocycles. The van der Waals surface area contributed by atoms with Gasteiger partial charge in [0.15, 0.2) is 0 Å². The maximum atomic E-state index is 11.2. The Labute approximate surface area is 85.0 Å². The Morgan fingerprint density at radius 3 is 1.43 bits per heavy atom. The predicted octanol–water partition coefficient (Wildman–Crippen LogP) is 0.379. The lowest BCUT2D eigenvalue weighted by atomic mass is 10.0. The van der Waals surface area contributed by atoms with Crippen LogP contribution in [0.25, 0.3) is 0 Å². The standard InChI is InChI=1S/C10H20N2O2/c1-7(11)5-9(13)3-4-10(14)6-8(2)12/h7-8H,3-6,11-12H2,1-2H3. The summed E-state index contributed by atoms with van der Waals surface area (Å²) < 4.78 is 0. The molecule has 0 amide bonds. The van der Waals surface area contributed by atoms with Crippen molar-refractivity contribution in [1.29, 1.82) is 0 Å². The molecule has 0 aliphatic rings. The fraction of sp³-hybridized carbons (Fsp3) is 0.800. The molecule has 4 heteroatoms. The van der Waals surface area contributed by atoms with E-state index in [0.29, 0.717) is 25.7 Å². The third-order valence-corrected chi connectivity index (χ3v) is 1.78. The van der Waals surface area contributed by atoms with Gasteiger partial charge < -0.3 is 11.5 Å². The van der Waals surface area contributed by atoms with E-state index in [1.807, 2.05) is 0 Å². The van der Waals surface area contributed by atoms with Gasteiger partial charge in [0, 0.05) is 37.8 Å². The third-order valence-electron chi connectivity index (χ3n) is 1.78. The van der Waals surface area contributed by atoms with Crippen molar-refractivity contribution in [1.82, 2.24) is 0 Å². The lowest BCUT2D eigenvalue weighted by Gasteiger charge is -2.05. The van der Waals surface area contributed by atoms with Gasteiger partial charge in [-0.3, -0.25) is 9.59 Å². The van der Waals surface area contributed by atoms with Crippen LogP contribution in [0.2, 0.25) is 0 Å². The lowest BCUT2D eigenvalue weighted by Crippen LogP contribution is -2.22. The minimum atomic E-state index is -0.119. The molecule has 0 aliphatic carbocycles. The van der Waals surface area contributed by atoms with Crippen LogP contribution in [0.1, 0.15) is 39.5 Å². The van der Waals surface area contributed by atoms with Crippen LogP contribution in [0.15, 0.2) is 0 Å².